The van der Waals surface area contributed by atoms with Crippen LogP contribution < -0.4 is 0 Å². The van der Waals surface area contributed by atoms with Crippen molar-refractivity contribution in [1.82, 2.24) is 0 Å². The van der Waals surface area contributed by atoms with E-state index in [0.717, 1.165) is 12.3 Å². The number of rotatable bonds is 5. The Kier molecular flexibility index (Phi) is 7.88. The van der Waals surface area contributed by atoms with Crippen LogP contribution in [-0.4, -0.2) is 16.9 Å². The van der Waals surface area contributed by atoms with E-state index in [4.69, 9.17) is 11.6 Å². The van der Waals surface area contributed by atoms with Gasteiger partial charge in [0.25, 0.3) is 0 Å². The Morgan fingerprint density at radius 1 is 1.56 bits per heavy atom. The topological polar surface area (TPSA) is 0 Å². The summed E-state index contributed by atoms with van der Waals surface area (Å²) < 4.78 is 0. The van der Waals surface area contributed by atoms with Gasteiger partial charge >= 0.3 is 0 Å². The van der Waals surface area contributed by atoms with Gasteiger partial charge in [-0.2, -0.15) is 0 Å². The maximum Gasteiger partial charge on any atom is 0.0234 e. The van der Waals surface area contributed by atoms with E-state index in [2.05, 4.69) is 13.8 Å². The van der Waals surface area contributed by atoms with Gasteiger partial charge in [0, 0.05) is 16.9 Å². The molecule has 0 fully saturated rings. The zero-order chi connectivity index (χ0) is 7.11. The van der Waals surface area contributed by atoms with Crippen molar-refractivity contribution in [3.63, 3.8) is 0 Å². The second-order valence-electron chi connectivity index (χ2n) is 1.79. The Morgan fingerprint density at radius 3 is 2.67 bits per heavy atom. The first-order valence-corrected chi connectivity index (χ1v) is 6.07. The number of hydrogen-bond acceptors (Lipinski definition) is 2. The van der Waals surface area contributed by atoms with Crippen LogP contribution in [-0.2, 0) is 0 Å². The molecule has 9 heavy (non-hydrogen) atoms. The van der Waals surface area contributed by atoms with Crippen LogP contribution in [0.3, 0.4) is 0 Å². The molecule has 1 unspecified atom stereocenters. The SMILES string of the molecule is CCSSC(C)CCCl. The summed E-state index contributed by atoms with van der Waals surface area (Å²) in [6, 6.07) is 0. The molecule has 0 aliphatic carbocycles. The lowest BCUT2D eigenvalue weighted by Gasteiger charge is -2.05. The van der Waals surface area contributed by atoms with Gasteiger partial charge in [0.15, 0.2) is 0 Å². The second-order valence-corrected chi connectivity index (χ2v) is 5.26. The Labute approximate surface area is 70.5 Å². The normalized spacial score (nSPS) is 13.7. The van der Waals surface area contributed by atoms with Crippen LogP contribution in [0.2, 0.25) is 0 Å². The van der Waals surface area contributed by atoms with Crippen molar-refractivity contribution in [3.05, 3.63) is 0 Å². The van der Waals surface area contributed by atoms with Gasteiger partial charge in [-0.05, 0) is 6.42 Å². The molecule has 0 aromatic carbocycles. The van der Waals surface area contributed by atoms with E-state index < -0.39 is 0 Å². The maximum absolute atomic E-state index is 5.55. The predicted octanol–water partition coefficient (Wildman–Crippen LogP) is 3.41. The largest absolute Gasteiger partial charge is 0.127 e. The summed E-state index contributed by atoms with van der Waals surface area (Å²) in [6.45, 7) is 4.39. The minimum atomic E-state index is 0.715. The summed E-state index contributed by atoms with van der Waals surface area (Å²) in [4.78, 5) is 0. The minimum absolute atomic E-state index is 0.715. The molecule has 1 atom stereocenters. The molecule has 0 aromatic rings. The molecular formula is C6H13ClS2. The van der Waals surface area contributed by atoms with Crippen LogP contribution in [0.4, 0.5) is 0 Å². The fourth-order valence-corrected chi connectivity index (χ4v) is 2.82. The Bertz CT molecular complexity index is 59.0. The molecule has 0 aliphatic heterocycles. The highest BCUT2D eigenvalue weighted by atomic mass is 35.5. The van der Waals surface area contributed by atoms with Crippen LogP contribution in [0.25, 0.3) is 0 Å². The predicted molar refractivity (Wildman–Crippen MR) is 50.5 cm³/mol. The average Bonchev–Trinajstić information content (AvgIpc) is 1.85. The molecule has 0 nitrogen and oxygen atoms in total. The third-order valence-corrected chi connectivity index (χ3v) is 4.12. The van der Waals surface area contributed by atoms with Crippen molar-refractivity contribution in [2.75, 3.05) is 11.6 Å². The Hall–Kier alpha value is 0.990. The van der Waals surface area contributed by atoms with E-state index in [0.29, 0.717) is 5.25 Å². The molecule has 0 amide bonds. The molecule has 0 bridgehead atoms. The first kappa shape index (κ1) is 9.99. The molecule has 0 aromatic heterocycles. The van der Waals surface area contributed by atoms with Crippen molar-refractivity contribution in [2.45, 2.75) is 25.5 Å². The van der Waals surface area contributed by atoms with Gasteiger partial charge in [-0.1, -0.05) is 35.4 Å². The van der Waals surface area contributed by atoms with E-state index in [-0.39, 0.29) is 0 Å². The summed E-state index contributed by atoms with van der Waals surface area (Å²) in [5, 5.41) is 0.715. The smallest absolute Gasteiger partial charge is 0.0234 e. The summed E-state index contributed by atoms with van der Waals surface area (Å²) in [5.41, 5.74) is 0. The average molecular weight is 185 g/mol. The molecule has 0 N–H and O–H groups in total. The molecule has 0 saturated heterocycles. The van der Waals surface area contributed by atoms with E-state index in [1.165, 1.54) is 5.75 Å². The molecule has 0 saturated carbocycles. The first-order chi connectivity index (χ1) is 4.31. The van der Waals surface area contributed by atoms with Crippen molar-refractivity contribution in [1.29, 1.82) is 0 Å². The summed E-state index contributed by atoms with van der Waals surface area (Å²) in [5.74, 6) is 1.98. The Balaban J connectivity index is 2.95. The third-order valence-electron chi connectivity index (χ3n) is 0.866. The van der Waals surface area contributed by atoms with Crippen molar-refractivity contribution in [2.24, 2.45) is 0 Å². The van der Waals surface area contributed by atoms with E-state index in [1.54, 1.807) is 0 Å². The quantitative estimate of drug-likeness (QED) is 0.475. The van der Waals surface area contributed by atoms with Gasteiger partial charge in [0.05, 0.1) is 0 Å². The van der Waals surface area contributed by atoms with Crippen molar-refractivity contribution >= 4 is 33.2 Å². The number of hydrogen-bond donors (Lipinski definition) is 0. The van der Waals surface area contributed by atoms with E-state index in [9.17, 15) is 0 Å². The summed E-state index contributed by atoms with van der Waals surface area (Å²) in [7, 11) is 3.85. The van der Waals surface area contributed by atoms with Gasteiger partial charge < -0.3 is 0 Å². The molecular weight excluding hydrogens is 172 g/mol. The maximum atomic E-state index is 5.55. The zero-order valence-corrected chi connectivity index (χ0v) is 8.28. The van der Waals surface area contributed by atoms with Gasteiger partial charge in [-0.3, -0.25) is 0 Å². The van der Waals surface area contributed by atoms with Crippen LogP contribution in [0.1, 0.15) is 20.3 Å². The van der Waals surface area contributed by atoms with Crippen molar-refractivity contribution < 1.29 is 0 Å². The fourth-order valence-electron chi connectivity index (χ4n) is 0.386. The van der Waals surface area contributed by atoms with Crippen molar-refractivity contribution in [3.8, 4) is 0 Å². The van der Waals surface area contributed by atoms with Crippen LogP contribution in [0.5, 0.6) is 0 Å². The molecule has 0 aliphatic rings. The highest BCUT2D eigenvalue weighted by Gasteiger charge is 1.99. The monoisotopic (exact) mass is 184 g/mol. The lowest BCUT2D eigenvalue weighted by molar-refractivity contribution is 0.919. The number of halogens is 1. The minimum Gasteiger partial charge on any atom is -0.127 e. The molecule has 56 valence electrons. The van der Waals surface area contributed by atoms with Gasteiger partial charge in [-0.25, -0.2) is 0 Å². The first-order valence-electron chi connectivity index (χ1n) is 3.15. The number of alkyl halides is 1. The van der Waals surface area contributed by atoms with Gasteiger partial charge in [0.2, 0.25) is 0 Å². The molecule has 0 heterocycles. The second kappa shape index (κ2) is 7.10. The van der Waals surface area contributed by atoms with Crippen LogP contribution in [0, 0.1) is 0 Å². The molecule has 3 heteroatoms. The van der Waals surface area contributed by atoms with Gasteiger partial charge in [0.1, 0.15) is 0 Å². The van der Waals surface area contributed by atoms with Crippen LogP contribution >= 0.6 is 33.2 Å². The summed E-state index contributed by atoms with van der Waals surface area (Å²) >= 11 is 5.55. The third kappa shape index (κ3) is 6.88. The van der Waals surface area contributed by atoms with E-state index >= 15 is 0 Å². The molecule has 0 spiro atoms. The molecule has 0 rings (SSSR count). The standard InChI is InChI=1S/C6H13ClS2/c1-3-8-9-6(2)4-5-7/h6H,3-5H2,1-2H3. The highest BCUT2D eigenvalue weighted by molar-refractivity contribution is 8.76. The Morgan fingerprint density at radius 2 is 2.22 bits per heavy atom. The lowest BCUT2D eigenvalue weighted by Crippen LogP contribution is -1.93. The van der Waals surface area contributed by atoms with E-state index in [1.807, 2.05) is 21.6 Å². The lowest BCUT2D eigenvalue weighted by atomic mass is 10.4. The highest BCUT2D eigenvalue weighted by Crippen LogP contribution is 2.27. The molecule has 0 radical (unpaired) electrons. The zero-order valence-electron chi connectivity index (χ0n) is 5.89. The van der Waals surface area contributed by atoms with Crippen LogP contribution in [0.15, 0.2) is 0 Å². The fraction of sp³-hybridized carbons (Fsp3) is 1.00. The van der Waals surface area contributed by atoms with Gasteiger partial charge in [-0.15, -0.1) is 11.6 Å². The summed E-state index contributed by atoms with van der Waals surface area (Å²) in [6.07, 6.45) is 1.12.